The normalized spacial score (nSPS) is 11.7. The van der Waals surface area contributed by atoms with Crippen LogP contribution in [0.2, 0.25) is 0 Å². The molecule has 0 aromatic heterocycles. The molecule has 0 aliphatic rings. The van der Waals surface area contributed by atoms with Crippen LogP contribution < -0.4 is 0 Å². The van der Waals surface area contributed by atoms with Gasteiger partial charge in [-0.15, -0.1) is 0 Å². The zero-order valence-corrected chi connectivity index (χ0v) is 8.99. The number of ether oxygens (including phenoxy) is 2. The predicted molar refractivity (Wildman–Crippen MR) is 53.0 cm³/mol. The predicted octanol–water partition coefficient (Wildman–Crippen LogP) is 0.420. The number of carbonyl (C=O) groups excluding carboxylic acids is 2. The molecule has 0 rings (SSSR count). The Morgan fingerprint density at radius 2 is 1.87 bits per heavy atom. The van der Waals surface area contributed by atoms with Crippen molar-refractivity contribution in [2.75, 3.05) is 13.2 Å². The van der Waals surface area contributed by atoms with Crippen molar-refractivity contribution < 1.29 is 24.2 Å². The maximum absolute atomic E-state index is 10.9. The average Bonchev–Trinajstić information content (AvgIpc) is 2.10. The Morgan fingerprint density at radius 3 is 2.33 bits per heavy atom. The van der Waals surface area contributed by atoms with Crippen molar-refractivity contribution in [2.45, 2.75) is 26.4 Å². The number of esters is 2. The van der Waals surface area contributed by atoms with Crippen LogP contribution in [0.3, 0.4) is 0 Å². The highest BCUT2D eigenvalue weighted by molar-refractivity contribution is 5.86. The summed E-state index contributed by atoms with van der Waals surface area (Å²) in [5.41, 5.74) is 0.297. The third-order valence-electron chi connectivity index (χ3n) is 1.39. The molecule has 0 amide bonds. The van der Waals surface area contributed by atoms with Gasteiger partial charge in [0.25, 0.3) is 0 Å². The van der Waals surface area contributed by atoms with E-state index in [4.69, 9.17) is 5.11 Å². The van der Waals surface area contributed by atoms with Gasteiger partial charge >= 0.3 is 11.9 Å². The van der Waals surface area contributed by atoms with Gasteiger partial charge in [0, 0.05) is 5.57 Å². The molecule has 0 fully saturated rings. The van der Waals surface area contributed by atoms with Crippen molar-refractivity contribution in [2.24, 2.45) is 0 Å². The van der Waals surface area contributed by atoms with E-state index in [1.165, 1.54) is 13.8 Å². The van der Waals surface area contributed by atoms with Crippen molar-refractivity contribution in [3.8, 4) is 0 Å². The first kappa shape index (κ1) is 13.6. The third kappa shape index (κ3) is 7.69. The van der Waals surface area contributed by atoms with Gasteiger partial charge in [-0.3, -0.25) is 4.79 Å². The number of aliphatic hydroxyl groups excluding tert-OH is 1. The molecule has 0 aromatic carbocycles. The zero-order chi connectivity index (χ0) is 11.8. The van der Waals surface area contributed by atoms with Crippen LogP contribution in [0.1, 0.15) is 20.3 Å². The van der Waals surface area contributed by atoms with Crippen LogP contribution in [0.15, 0.2) is 12.2 Å². The highest BCUT2D eigenvalue weighted by atomic mass is 16.6. The molecule has 5 nitrogen and oxygen atoms in total. The standard InChI is InChI=1S/C10H16O5/c1-7(2)10(13)15-5-4-14-9(12)6-8(3)11/h8,11H,1,4-6H2,2-3H3/t8-/m1/s1. The number of carbonyl (C=O) groups is 2. The Bertz CT molecular complexity index is 244. The van der Waals surface area contributed by atoms with Gasteiger partial charge in [-0.2, -0.15) is 0 Å². The Kier molecular flexibility index (Phi) is 6.37. The molecule has 0 heterocycles. The van der Waals surface area contributed by atoms with Gasteiger partial charge in [-0.1, -0.05) is 6.58 Å². The number of hydrogen-bond acceptors (Lipinski definition) is 5. The fourth-order valence-electron chi connectivity index (χ4n) is 0.713. The minimum atomic E-state index is -0.726. The van der Waals surface area contributed by atoms with E-state index in [-0.39, 0.29) is 19.6 Å². The summed E-state index contributed by atoms with van der Waals surface area (Å²) in [7, 11) is 0. The SMILES string of the molecule is C=C(C)C(=O)OCCOC(=O)C[C@@H](C)O. The Balaban J connectivity index is 3.50. The van der Waals surface area contributed by atoms with Crippen LogP contribution in [0.5, 0.6) is 0 Å². The zero-order valence-electron chi connectivity index (χ0n) is 8.99. The summed E-state index contributed by atoms with van der Waals surface area (Å²) in [6.07, 6.45) is -0.787. The number of rotatable bonds is 6. The molecule has 86 valence electrons. The lowest BCUT2D eigenvalue weighted by Crippen LogP contribution is -2.17. The van der Waals surface area contributed by atoms with Gasteiger partial charge in [0.05, 0.1) is 12.5 Å². The third-order valence-corrected chi connectivity index (χ3v) is 1.39. The quantitative estimate of drug-likeness (QED) is 0.396. The molecule has 0 bridgehead atoms. The van der Waals surface area contributed by atoms with Crippen LogP contribution >= 0.6 is 0 Å². The van der Waals surface area contributed by atoms with Crippen LogP contribution in [0.4, 0.5) is 0 Å². The lowest BCUT2D eigenvalue weighted by atomic mass is 10.3. The highest BCUT2D eigenvalue weighted by Gasteiger charge is 2.07. The molecule has 1 N–H and O–H groups in total. The van der Waals surface area contributed by atoms with Gasteiger partial charge in [-0.25, -0.2) is 4.79 Å². The fourth-order valence-corrected chi connectivity index (χ4v) is 0.713. The molecule has 0 saturated carbocycles. The second-order valence-electron chi connectivity index (χ2n) is 3.19. The lowest BCUT2D eigenvalue weighted by Gasteiger charge is -2.06. The molecule has 0 radical (unpaired) electrons. The molecule has 0 aromatic rings. The van der Waals surface area contributed by atoms with E-state index in [0.717, 1.165) is 0 Å². The first-order valence-electron chi connectivity index (χ1n) is 4.59. The van der Waals surface area contributed by atoms with E-state index in [0.29, 0.717) is 5.57 Å². The fraction of sp³-hybridized carbons (Fsp3) is 0.600. The van der Waals surface area contributed by atoms with E-state index < -0.39 is 18.0 Å². The molecular formula is C10H16O5. The second kappa shape index (κ2) is 7.00. The topological polar surface area (TPSA) is 72.8 Å². The van der Waals surface area contributed by atoms with Gasteiger partial charge in [0.1, 0.15) is 13.2 Å². The lowest BCUT2D eigenvalue weighted by molar-refractivity contribution is -0.151. The van der Waals surface area contributed by atoms with Crippen molar-refractivity contribution in [1.29, 1.82) is 0 Å². The molecule has 15 heavy (non-hydrogen) atoms. The second-order valence-corrected chi connectivity index (χ2v) is 3.19. The van der Waals surface area contributed by atoms with Crippen molar-refractivity contribution in [1.82, 2.24) is 0 Å². The van der Waals surface area contributed by atoms with E-state index in [2.05, 4.69) is 16.1 Å². The van der Waals surface area contributed by atoms with Gasteiger partial charge in [0.15, 0.2) is 0 Å². The summed E-state index contributed by atoms with van der Waals surface area (Å²) >= 11 is 0. The summed E-state index contributed by atoms with van der Waals surface area (Å²) in [5.74, 6) is -1.03. The number of hydrogen-bond donors (Lipinski definition) is 1. The van der Waals surface area contributed by atoms with E-state index in [9.17, 15) is 9.59 Å². The monoisotopic (exact) mass is 216 g/mol. The molecule has 0 aliphatic heterocycles. The molecule has 0 aliphatic carbocycles. The summed E-state index contributed by atoms with van der Waals surface area (Å²) in [6.45, 7) is 6.40. The first-order valence-corrected chi connectivity index (χ1v) is 4.59. The summed E-state index contributed by atoms with van der Waals surface area (Å²) < 4.78 is 9.36. The molecule has 5 heteroatoms. The Morgan fingerprint density at radius 1 is 1.33 bits per heavy atom. The minimum absolute atomic E-state index is 0.00274. The van der Waals surface area contributed by atoms with Crippen molar-refractivity contribution in [3.05, 3.63) is 12.2 Å². The maximum Gasteiger partial charge on any atom is 0.333 e. The van der Waals surface area contributed by atoms with Gasteiger partial charge < -0.3 is 14.6 Å². The highest BCUT2D eigenvalue weighted by Crippen LogP contribution is 1.94. The van der Waals surface area contributed by atoms with E-state index in [1.807, 2.05) is 0 Å². The maximum atomic E-state index is 10.9. The first-order chi connectivity index (χ1) is 6.93. The average molecular weight is 216 g/mol. The molecule has 0 saturated heterocycles. The van der Waals surface area contributed by atoms with Crippen LogP contribution in [-0.4, -0.2) is 36.4 Å². The Hall–Kier alpha value is -1.36. The Labute approximate surface area is 88.7 Å². The van der Waals surface area contributed by atoms with Gasteiger partial charge in [-0.05, 0) is 13.8 Å². The van der Waals surface area contributed by atoms with Crippen molar-refractivity contribution in [3.63, 3.8) is 0 Å². The minimum Gasteiger partial charge on any atom is -0.462 e. The van der Waals surface area contributed by atoms with Crippen molar-refractivity contribution >= 4 is 11.9 Å². The van der Waals surface area contributed by atoms with Crippen LogP contribution in [0, 0.1) is 0 Å². The molecule has 0 unspecified atom stereocenters. The van der Waals surface area contributed by atoms with Crippen LogP contribution in [-0.2, 0) is 19.1 Å². The summed E-state index contributed by atoms with van der Waals surface area (Å²) in [6, 6.07) is 0. The van der Waals surface area contributed by atoms with Gasteiger partial charge in [0.2, 0.25) is 0 Å². The largest absolute Gasteiger partial charge is 0.462 e. The molecular weight excluding hydrogens is 200 g/mol. The van der Waals surface area contributed by atoms with E-state index >= 15 is 0 Å². The smallest absolute Gasteiger partial charge is 0.333 e. The van der Waals surface area contributed by atoms with E-state index in [1.54, 1.807) is 0 Å². The molecule has 0 spiro atoms. The molecule has 1 atom stereocenters. The van der Waals surface area contributed by atoms with Crippen LogP contribution in [0.25, 0.3) is 0 Å². The summed E-state index contributed by atoms with van der Waals surface area (Å²) in [5, 5.41) is 8.84. The number of aliphatic hydroxyl groups is 1. The summed E-state index contributed by atoms with van der Waals surface area (Å²) in [4.78, 5) is 21.8.